The average molecular weight is 220 g/mol. The molecular weight excluding hydrogens is 208 g/mol. The fourth-order valence-corrected chi connectivity index (χ4v) is 1.50. The summed E-state index contributed by atoms with van der Waals surface area (Å²) in [5.74, 6) is 0. The number of aliphatic hydroxyl groups is 2. The highest BCUT2D eigenvalue weighted by molar-refractivity contribution is 4.97. The Kier molecular flexibility index (Phi) is 4.21. The molecule has 1 heterocycles. The predicted octanol–water partition coefficient (Wildman–Crippen LogP) is -1.02. The first-order valence-corrected chi connectivity index (χ1v) is 4.31. The zero-order valence-electron chi connectivity index (χ0n) is 8.02. The van der Waals surface area contributed by atoms with E-state index in [4.69, 9.17) is 14.6 Å². The predicted molar refractivity (Wildman–Crippen MR) is 47.9 cm³/mol. The summed E-state index contributed by atoms with van der Waals surface area (Å²) in [6.45, 7) is -0.501. The third kappa shape index (κ3) is 2.17. The molecule has 0 bridgehead atoms. The van der Waals surface area contributed by atoms with E-state index >= 15 is 0 Å². The molecule has 1 aliphatic rings. The lowest BCUT2D eigenvalue weighted by Gasteiger charge is -2.37. The Morgan fingerprint density at radius 2 is 1.93 bits per heavy atom. The van der Waals surface area contributed by atoms with Gasteiger partial charge in [0.1, 0.15) is 12.2 Å². The lowest BCUT2D eigenvalue weighted by Crippen LogP contribution is -2.57. The van der Waals surface area contributed by atoms with Crippen molar-refractivity contribution in [3.8, 4) is 0 Å². The molecule has 1 fully saturated rings. The van der Waals surface area contributed by atoms with Gasteiger partial charge < -0.3 is 19.7 Å². The molecule has 1 saturated heterocycles. The zero-order valence-corrected chi connectivity index (χ0v) is 8.02. The quantitative estimate of drug-likeness (QED) is 0.585. The van der Waals surface area contributed by atoms with E-state index in [-0.39, 0.29) is 0 Å². The van der Waals surface area contributed by atoms with E-state index in [1.165, 1.54) is 7.11 Å². The average Bonchev–Trinajstić information content (AvgIpc) is 2.28. The minimum absolute atomic E-state index is 0.501. The maximum Gasteiger partial charge on any atom is 0.185 e. The van der Waals surface area contributed by atoms with E-state index in [1.807, 2.05) is 0 Å². The van der Waals surface area contributed by atoms with E-state index in [9.17, 15) is 14.9 Å². The number of methoxy groups -OCH3 is 1. The van der Waals surface area contributed by atoms with Gasteiger partial charge in [0.2, 0.25) is 0 Å². The maximum absolute atomic E-state index is 10.5. The highest BCUT2D eigenvalue weighted by atomic mass is 16.7. The van der Waals surface area contributed by atoms with Gasteiger partial charge >= 0.3 is 0 Å². The summed E-state index contributed by atoms with van der Waals surface area (Å²) in [6.07, 6.45) is -3.44. The molecule has 86 valence electrons. The van der Waals surface area contributed by atoms with Crippen molar-refractivity contribution >= 4 is 0 Å². The summed E-state index contributed by atoms with van der Waals surface area (Å²) in [4.78, 5) is 20.9. The van der Waals surface area contributed by atoms with Gasteiger partial charge in [-0.05, 0) is 0 Å². The normalized spacial score (nSPS) is 41.1. The van der Waals surface area contributed by atoms with Crippen LogP contribution in [0.1, 0.15) is 0 Å². The van der Waals surface area contributed by atoms with Crippen LogP contribution in [0, 0.1) is 9.81 Å². The Balaban J connectivity index is 2.87. The van der Waals surface area contributed by atoms with Crippen LogP contribution in [0.3, 0.4) is 0 Å². The molecule has 15 heavy (non-hydrogen) atoms. The van der Waals surface area contributed by atoms with Crippen molar-refractivity contribution in [2.24, 2.45) is 10.4 Å². The van der Waals surface area contributed by atoms with Crippen LogP contribution in [0.4, 0.5) is 0 Å². The van der Waals surface area contributed by atoms with E-state index in [0.29, 0.717) is 0 Å². The first-order chi connectivity index (χ1) is 7.19. The van der Waals surface area contributed by atoms with Gasteiger partial charge in [-0.15, -0.1) is 0 Å². The van der Waals surface area contributed by atoms with Crippen molar-refractivity contribution in [1.82, 2.24) is 0 Å². The number of rotatable bonds is 4. The number of aliphatic hydroxyl groups excluding tert-OH is 2. The molecule has 0 aromatic carbocycles. The van der Waals surface area contributed by atoms with Gasteiger partial charge in [0, 0.05) is 7.11 Å². The van der Waals surface area contributed by atoms with E-state index in [1.54, 1.807) is 0 Å². The Morgan fingerprint density at radius 1 is 1.33 bits per heavy atom. The molecule has 5 unspecified atom stereocenters. The van der Waals surface area contributed by atoms with Gasteiger partial charge in [0.25, 0.3) is 0 Å². The van der Waals surface area contributed by atoms with Crippen LogP contribution in [0.15, 0.2) is 10.4 Å². The minimum Gasteiger partial charge on any atom is -0.394 e. The Bertz CT molecular complexity index is 238. The second-order valence-corrected chi connectivity index (χ2v) is 3.14. The van der Waals surface area contributed by atoms with Gasteiger partial charge in [-0.25, -0.2) is 0 Å². The van der Waals surface area contributed by atoms with Crippen molar-refractivity contribution in [3.63, 3.8) is 0 Å². The summed E-state index contributed by atoms with van der Waals surface area (Å²) in [5.41, 5.74) is 0. The monoisotopic (exact) mass is 220 g/mol. The molecule has 2 N–H and O–H groups in total. The van der Waals surface area contributed by atoms with E-state index < -0.39 is 37.2 Å². The fraction of sp³-hybridized carbons (Fsp3) is 1.00. The molecule has 0 radical (unpaired) electrons. The van der Waals surface area contributed by atoms with Crippen molar-refractivity contribution in [1.29, 1.82) is 0 Å². The van der Waals surface area contributed by atoms with Gasteiger partial charge in [-0.1, -0.05) is 10.4 Å². The number of ether oxygens (including phenoxy) is 2. The number of nitrogens with zero attached hydrogens (tertiary/aromatic N) is 2. The molecule has 1 aliphatic heterocycles. The molecular formula is C7H12N2O6. The highest BCUT2D eigenvalue weighted by Gasteiger charge is 2.47. The Hall–Kier alpha value is -0.960. The van der Waals surface area contributed by atoms with Crippen LogP contribution in [0.25, 0.3) is 0 Å². The fourth-order valence-electron chi connectivity index (χ4n) is 1.50. The topological polar surface area (TPSA) is 118 Å². The third-order valence-corrected chi connectivity index (χ3v) is 2.32. The van der Waals surface area contributed by atoms with Crippen molar-refractivity contribution < 1.29 is 19.7 Å². The van der Waals surface area contributed by atoms with Crippen LogP contribution < -0.4 is 0 Å². The molecule has 0 spiro atoms. The van der Waals surface area contributed by atoms with Crippen molar-refractivity contribution in [2.45, 2.75) is 30.6 Å². The third-order valence-electron chi connectivity index (χ3n) is 2.32. The molecule has 0 saturated carbocycles. The van der Waals surface area contributed by atoms with Gasteiger partial charge in [-0.3, -0.25) is 0 Å². The summed E-state index contributed by atoms with van der Waals surface area (Å²) in [5, 5.41) is 23.6. The SMILES string of the molecule is COC1OC(CO)C(O)C(N=O)C1N=O. The van der Waals surface area contributed by atoms with Gasteiger partial charge in [-0.2, -0.15) is 9.81 Å². The van der Waals surface area contributed by atoms with Crippen LogP contribution in [-0.2, 0) is 9.47 Å². The molecule has 1 rings (SSSR count). The summed E-state index contributed by atoms with van der Waals surface area (Å²) < 4.78 is 9.79. The first kappa shape index (κ1) is 12.1. The van der Waals surface area contributed by atoms with Gasteiger partial charge in [0.15, 0.2) is 18.4 Å². The summed E-state index contributed by atoms with van der Waals surface area (Å²) in [7, 11) is 1.26. The molecule has 8 heteroatoms. The molecule has 0 aliphatic carbocycles. The number of hydrogen-bond acceptors (Lipinski definition) is 8. The summed E-state index contributed by atoms with van der Waals surface area (Å²) >= 11 is 0. The lowest BCUT2D eigenvalue weighted by atomic mass is 9.96. The van der Waals surface area contributed by atoms with Crippen LogP contribution >= 0.6 is 0 Å². The van der Waals surface area contributed by atoms with Crippen LogP contribution in [0.2, 0.25) is 0 Å². The molecule has 0 aromatic rings. The molecule has 5 atom stereocenters. The minimum atomic E-state index is -1.36. The van der Waals surface area contributed by atoms with Crippen molar-refractivity contribution in [2.75, 3.05) is 13.7 Å². The van der Waals surface area contributed by atoms with E-state index in [2.05, 4.69) is 10.4 Å². The maximum atomic E-state index is 10.5. The number of hydrogen-bond donors (Lipinski definition) is 2. The first-order valence-electron chi connectivity index (χ1n) is 4.31. The Labute approximate surface area is 85.1 Å². The standard InChI is InChI=1S/C7H12N2O6/c1-14-7-5(9-13)4(8-12)6(11)3(2-10)15-7/h3-7,10-11H,2H2,1H3. The van der Waals surface area contributed by atoms with Crippen LogP contribution in [0.5, 0.6) is 0 Å². The molecule has 0 amide bonds. The lowest BCUT2D eigenvalue weighted by molar-refractivity contribution is -0.232. The largest absolute Gasteiger partial charge is 0.394 e. The molecule has 0 aromatic heterocycles. The van der Waals surface area contributed by atoms with E-state index in [0.717, 1.165) is 0 Å². The van der Waals surface area contributed by atoms with Crippen molar-refractivity contribution in [3.05, 3.63) is 9.81 Å². The zero-order chi connectivity index (χ0) is 11.4. The van der Waals surface area contributed by atoms with Gasteiger partial charge in [0.05, 0.1) is 6.61 Å². The smallest absolute Gasteiger partial charge is 0.185 e. The molecule has 8 nitrogen and oxygen atoms in total. The highest BCUT2D eigenvalue weighted by Crippen LogP contribution is 2.25. The number of nitroso groups, excluding NO2 is 2. The second-order valence-electron chi connectivity index (χ2n) is 3.14. The Morgan fingerprint density at radius 3 is 2.33 bits per heavy atom. The second kappa shape index (κ2) is 5.21. The van der Waals surface area contributed by atoms with Crippen LogP contribution in [-0.4, -0.2) is 54.5 Å². The summed E-state index contributed by atoms with van der Waals surface area (Å²) in [6, 6.07) is -2.47.